The zero-order valence-corrected chi connectivity index (χ0v) is 13.6. The lowest BCUT2D eigenvalue weighted by molar-refractivity contribution is 0.102. The smallest absolute Gasteiger partial charge is 0.257 e. The van der Waals surface area contributed by atoms with Crippen molar-refractivity contribution in [1.82, 2.24) is 4.98 Å². The summed E-state index contributed by atoms with van der Waals surface area (Å²) >= 11 is 4.84. The van der Waals surface area contributed by atoms with Gasteiger partial charge in [-0.3, -0.25) is 10.1 Å². The number of benzene rings is 2. The number of carbonyl (C=O) groups excluding carboxylic acids is 1. The molecule has 3 aromatic rings. The maximum absolute atomic E-state index is 12.2. The number of nitrogens with two attached hydrogens (primary N) is 1. The Bertz CT molecular complexity index is 844. The highest BCUT2D eigenvalue weighted by Crippen LogP contribution is 2.28. The van der Waals surface area contributed by atoms with E-state index in [0.29, 0.717) is 16.4 Å². The first-order valence-electron chi connectivity index (χ1n) is 6.26. The molecule has 0 radical (unpaired) electrons. The van der Waals surface area contributed by atoms with E-state index in [4.69, 9.17) is 5.73 Å². The Kier molecular flexibility index (Phi) is 3.65. The number of hydrogen-bond acceptors (Lipinski definition) is 4. The van der Waals surface area contributed by atoms with Crippen molar-refractivity contribution in [2.75, 3.05) is 11.1 Å². The first-order valence-corrected chi connectivity index (χ1v) is 7.87. The highest BCUT2D eigenvalue weighted by Gasteiger charge is 2.11. The fraction of sp³-hybridized carbons (Fsp3) is 0.0667. The van der Waals surface area contributed by atoms with Gasteiger partial charge in [-0.25, -0.2) is 4.98 Å². The van der Waals surface area contributed by atoms with Gasteiger partial charge in [0.1, 0.15) is 0 Å². The summed E-state index contributed by atoms with van der Waals surface area (Å²) in [5.41, 5.74) is 8.93. The molecule has 0 unspecified atom stereocenters. The number of nitrogens with zero attached hydrogens (tertiary/aromatic N) is 1. The van der Waals surface area contributed by atoms with Crippen LogP contribution in [0.25, 0.3) is 10.2 Å². The molecule has 0 bridgehead atoms. The first kappa shape index (κ1) is 14.0. The van der Waals surface area contributed by atoms with Gasteiger partial charge in [0.05, 0.1) is 10.2 Å². The van der Waals surface area contributed by atoms with Crippen LogP contribution < -0.4 is 11.1 Å². The average molecular weight is 362 g/mol. The minimum atomic E-state index is -0.178. The molecular formula is C15H12BrN3OS. The van der Waals surface area contributed by atoms with Crippen LogP contribution in [0.1, 0.15) is 15.9 Å². The number of aryl methyl sites for hydroxylation is 1. The molecule has 3 N–H and O–H groups in total. The molecular weight excluding hydrogens is 350 g/mol. The molecule has 2 aromatic carbocycles. The van der Waals surface area contributed by atoms with Gasteiger partial charge in [0, 0.05) is 15.7 Å². The van der Waals surface area contributed by atoms with E-state index in [-0.39, 0.29) is 5.91 Å². The predicted molar refractivity (Wildman–Crippen MR) is 90.9 cm³/mol. The van der Waals surface area contributed by atoms with Gasteiger partial charge in [0.2, 0.25) is 0 Å². The lowest BCUT2D eigenvalue weighted by atomic mass is 10.1. The summed E-state index contributed by atoms with van der Waals surface area (Å²) in [6.07, 6.45) is 0. The highest BCUT2D eigenvalue weighted by atomic mass is 79.9. The second-order valence-corrected chi connectivity index (χ2v) is 6.55. The zero-order chi connectivity index (χ0) is 15.0. The lowest BCUT2D eigenvalue weighted by Crippen LogP contribution is -2.11. The predicted octanol–water partition coefficient (Wildman–Crippen LogP) is 4.20. The van der Waals surface area contributed by atoms with Crippen LogP contribution in [0.4, 0.5) is 10.8 Å². The molecule has 6 heteroatoms. The number of amides is 1. The van der Waals surface area contributed by atoms with Gasteiger partial charge < -0.3 is 5.73 Å². The summed E-state index contributed by atoms with van der Waals surface area (Å²) in [6.45, 7) is 1.98. The van der Waals surface area contributed by atoms with Crippen molar-refractivity contribution in [2.45, 2.75) is 6.92 Å². The van der Waals surface area contributed by atoms with Crippen molar-refractivity contribution in [1.29, 1.82) is 0 Å². The number of halogens is 1. The van der Waals surface area contributed by atoms with Crippen molar-refractivity contribution in [3.63, 3.8) is 0 Å². The normalized spacial score (nSPS) is 10.8. The van der Waals surface area contributed by atoms with E-state index >= 15 is 0 Å². The molecule has 0 saturated carbocycles. The molecule has 0 aliphatic heterocycles. The van der Waals surface area contributed by atoms with Crippen LogP contribution in [0.2, 0.25) is 0 Å². The summed E-state index contributed by atoms with van der Waals surface area (Å²) in [5.74, 6) is -0.178. The topological polar surface area (TPSA) is 68.0 Å². The Morgan fingerprint density at radius 3 is 2.86 bits per heavy atom. The Morgan fingerprint density at radius 1 is 1.29 bits per heavy atom. The first-order chi connectivity index (χ1) is 10.0. The summed E-state index contributed by atoms with van der Waals surface area (Å²) in [6, 6.07) is 11.0. The molecule has 1 aromatic heterocycles. The van der Waals surface area contributed by atoms with Gasteiger partial charge in [-0.15, -0.1) is 0 Å². The van der Waals surface area contributed by atoms with E-state index in [1.165, 1.54) is 11.3 Å². The molecule has 1 heterocycles. The summed E-state index contributed by atoms with van der Waals surface area (Å²) in [5, 5.41) is 3.39. The summed E-state index contributed by atoms with van der Waals surface area (Å²) in [7, 11) is 0. The summed E-state index contributed by atoms with van der Waals surface area (Å²) < 4.78 is 1.86. The third-order valence-electron chi connectivity index (χ3n) is 3.07. The van der Waals surface area contributed by atoms with Gasteiger partial charge in [-0.2, -0.15) is 0 Å². The quantitative estimate of drug-likeness (QED) is 0.672. The van der Waals surface area contributed by atoms with Gasteiger partial charge >= 0.3 is 0 Å². The van der Waals surface area contributed by atoms with E-state index in [1.54, 1.807) is 18.2 Å². The van der Waals surface area contributed by atoms with Crippen LogP contribution in [-0.4, -0.2) is 10.9 Å². The molecule has 3 rings (SSSR count). The van der Waals surface area contributed by atoms with E-state index < -0.39 is 0 Å². The number of carbonyl (C=O) groups is 1. The van der Waals surface area contributed by atoms with Crippen molar-refractivity contribution in [3.05, 3.63) is 52.0 Å². The van der Waals surface area contributed by atoms with E-state index in [9.17, 15) is 4.79 Å². The average Bonchev–Trinajstić information content (AvgIpc) is 2.83. The number of aromatic nitrogens is 1. The molecule has 0 atom stereocenters. The molecule has 0 spiro atoms. The molecule has 106 valence electrons. The van der Waals surface area contributed by atoms with Crippen molar-refractivity contribution < 1.29 is 4.79 Å². The van der Waals surface area contributed by atoms with Crippen molar-refractivity contribution >= 4 is 54.2 Å². The van der Waals surface area contributed by atoms with E-state index in [0.717, 1.165) is 20.3 Å². The molecule has 1 amide bonds. The third-order valence-corrected chi connectivity index (χ3v) is 4.85. The molecule has 0 aliphatic carbocycles. The maximum Gasteiger partial charge on any atom is 0.257 e. The third kappa shape index (κ3) is 2.91. The van der Waals surface area contributed by atoms with Crippen LogP contribution >= 0.6 is 27.3 Å². The molecule has 0 fully saturated rings. The van der Waals surface area contributed by atoms with Crippen molar-refractivity contribution in [2.24, 2.45) is 0 Å². The van der Waals surface area contributed by atoms with Gasteiger partial charge in [-0.05, 0) is 42.8 Å². The number of thiazole rings is 1. The van der Waals surface area contributed by atoms with Crippen LogP contribution in [-0.2, 0) is 0 Å². The highest BCUT2D eigenvalue weighted by molar-refractivity contribution is 9.10. The maximum atomic E-state index is 12.2. The number of fused-ring (bicyclic) bond motifs is 1. The monoisotopic (exact) mass is 361 g/mol. The minimum absolute atomic E-state index is 0.178. The van der Waals surface area contributed by atoms with Crippen molar-refractivity contribution in [3.8, 4) is 0 Å². The SMILES string of the molecule is Cc1ccc(C(=O)Nc2nc3ccc(N)cc3s2)cc1Br. The number of nitrogen functional groups attached to an aromatic ring is 1. The molecule has 0 saturated heterocycles. The van der Waals surface area contributed by atoms with Crippen LogP contribution in [0.5, 0.6) is 0 Å². The van der Waals surface area contributed by atoms with Gasteiger partial charge in [-0.1, -0.05) is 33.3 Å². The van der Waals surface area contributed by atoms with Gasteiger partial charge in [0.15, 0.2) is 5.13 Å². The molecule has 0 aliphatic rings. The number of nitrogens with one attached hydrogen (secondary N) is 1. The number of anilines is 2. The van der Waals surface area contributed by atoms with Gasteiger partial charge in [0.25, 0.3) is 5.91 Å². The number of hydrogen-bond donors (Lipinski definition) is 2. The fourth-order valence-electron chi connectivity index (χ4n) is 1.90. The van der Waals surface area contributed by atoms with Crippen LogP contribution in [0.15, 0.2) is 40.9 Å². The fourth-order valence-corrected chi connectivity index (χ4v) is 3.19. The van der Waals surface area contributed by atoms with E-state index in [2.05, 4.69) is 26.2 Å². The number of rotatable bonds is 2. The summed E-state index contributed by atoms with van der Waals surface area (Å²) in [4.78, 5) is 16.6. The Labute approximate surface area is 134 Å². The standard InChI is InChI=1S/C15H12BrN3OS/c1-8-2-3-9(6-11(8)16)14(20)19-15-18-12-5-4-10(17)7-13(12)21-15/h2-7H,17H2,1H3,(H,18,19,20). The Balaban J connectivity index is 1.87. The van der Waals surface area contributed by atoms with Crippen LogP contribution in [0.3, 0.4) is 0 Å². The zero-order valence-electron chi connectivity index (χ0n) is 11.2. The Hall–Kier alpha value is -1.92. The minimum Gasteiger partial charge on any atom is -0.399 e. The van der Waals surface area contributed by atoms with Crippen LogP contribution in [0, 0.1) is 6.92 Å². The second kappa shape index (κ2) is 5.46. The lowest BCUT2D eigenvalue weighted by Gasteiger charge is -2.03. The largest absolute Gasteiger partial charge is 0.399 e. The Morgan fingerprint density at radius 2 is 2.10 bits per heavy atom. The second-order valence-electron chi connectivity index (χ2n) is 4.66. The molecule has 4 nitrogen and oxygen atoms in total. The molecule has 21 heavy (non-hydrogen) atoms. The van der Waals surface area contributed by atoms with E-state index in [1.807, 2.05) is 25.1 Å².